The summed E-state index contributed by atoms with van der Waals surface area (Å²) in [6.07, 6.45) is 2.85. The molecule has 0 radical (unpaired) electrons. The summed E-state index contributed by atoms with van der Waals surface area (Å²) in [5, 5.41) is 9.47. The van der Waals surface area contributed by atoms with E-state index in [1.807, 2.05) is 0 Å². The summed E-state index contributed by atoms with van der Waals surface area (Å²) in [6.45, 7) is 0.134. The Morgan fingerprint density at radius 1 is 1.57 bits per heavy atom. The van der Waals surface area contributed by atoms with Gasteiger partial charge in [0.1, 0.15) is 16.6 Å². The van der Waals surface area contributed by atoms with Gasteiger partial charge in [-0.25, -0.2) is 13.4 Å². The summed E-state index contributed by atoms with van der Waals surface area (Å²) in [5.74, 6) is -1.26. The van der Waals surface area contributed by atoms with Crippen LogP contribution in [0.4, 0.5) is 0 Å². The highest BCUT2D eigenvalue weighted by Crippen LogP contribution is 2.21. The monoisotopic (exact) mass is 313 g/mol. The van der Waals surface area contributed by atoms with E-state index in [-0.39, 0.29) is 17.9 Å². The van der Waals surface area contributed by atoms with Gasteiger partial charge in [-0.05, 0) is 18.6 Å². The van der Waals surface area contributed by atoms with Crippen molar-refractivity contribution >= 4 is 27.0 Å². The molecule has 0 spiro atoms. The number of methoxy groups -OCH3 is 1. The number of sulfonamides is 1. The summed E-state index contributed by atoms with van der Waals surface area (Å²) in [5.41, 5.74) is 0.418. The fraction of sp³-hybridized carbons (Fsp3) is 0.333. The Bertz CT molecular complexity index is 740. The SMILES string of the molecule is COCCC(NS(=O)(=O)c1c[nH]c2ncccc12)C(=O)O. The summed E-state index contributed by atoms with van der Waals surface area (Å²) in [7, 11) is -2.56. The van der Waals surface area contributed by atoms with E-state index in [1.54, 1.807) is 12.1 Å². The largest absolute Gasteiger partial charge is 0.480 e. The van der Waals surface area contributed by atoms with E-state index in [4.69, 9.17) is 9.84 Å². The van der Waals surface area contributed by atoms with Crippen molar-refractivity contribution in [3.05, 3.63) is 24.5 Å². The Kier molecular flexibility index (Phi) is 4.56. The number of nitrogens with zero attached hydrogens (tertiary/aromatic N) is 1. The number of carboxylic acid groups (broad SMARTS) is 1. The first-order valence-electron chi connectivity index (χ1n) is 6.12. The minimum atomic E-state index is -3.98. The predicted molar refractivity (Wildman–Crippen MR) is 74.3 cm³/mol. The number of aromatic amines is 1. The molecule has 2 heterocycles. The molecule has 0 aliphatic heterocycles. The third-order valence-corrected chi connectivity index (χ3v) is 4.42. The van der Waals surface area contributed by atoms with Crippen LogP contribution in [0.2, 0.25) is 0 Å². The van der Waals surface area contributed by atoms with Crippen molar-refractivity contribution in [1.29, 1.82) is 0 Å². The van der Waals surface area contributed by atoms with Crippen molar-refractivity contribution in [2.75, 3.05) is 13.7 Å². The lowest BCUT2D eigenvalue weighted by Gasteiger charge is -2.13. The van der Waals surface area contributed by atoms with E-state index in [9.17, 15) is 13.2 Å². The predicted octanol–water partition coefficient (Wildman–Crippen LogP) is 0.331. The van der Waals surface area contributed by atoms with E-state index in [1.165, 1.54) is 19.5 Å². The Labute approximate surface area is 121 Å². The third-order valence-electron chi connectivity index (χ3n) is 2.91. The first kappa shape index (κ1) is 15.4. The van der Waals surface area contributed by atoms with Gasteiger partial charge in [-0.2, -0.15) is 4.72 Å². The van der Waals surface area contributed by atoms with Gasteiger partial charge in [-0.3, -0.25) is 4.79 Å². The van der Waals surface area contributed by atoms with Gasteiger partial charge in [0.15, 0.2) is 0 Å². The number of hydrogen-bond acceptors (Lipinski definition) is 5. The quantitative estimate of drug-likeness (QED) is 0.677. The highest BCUT2D eigenvalue weighted by molar-refractivity contribution is 7.89. The van der Waals surface area contributed by atoms with Crippen LogP contribution < -0.4 is 4.72 Å². The summed E-state index contributed by atoms with van der Waals surface area (Å²) >= 11 is 0. The first-order valence-corrected chi connectivity index (χ1v) is 7.60. The molecule has 2 rings (SSSR count). The average molecular weight is 313 g/mol. The minimum absolute atomic E-state index is 0.0331. The molecule has 1 atom stereocenters. The zero-order valence-corrected chi connectivity index (χ0v) is 12.1. The van der Waals surface area contributed by atoms with E-state index in [2.05, 4.69) is 14.7 Å². The topological polar surface area (TPSA) is 121 Å². The second-order valence-corrected chi connectivity index (χ2v) is 6.03. The highest BCUT2D eigenvalue weighted by atomic mass is 32.2. The van der Waals surface area contributed by atoms with Crippen molar-refractivity contribution in [2.24, 2.45) is 0 Å². The highest BCUT2D eigenvalue weighted by Gasteiger charge is 2.27. The van der Waals surface area contributed by atoms with Crippen LogP contribution in [0.3, 0.4) is 0 Å². The van der Waals surface area contributed by atoms with Gasteiger partial charge in [0, 0.05) is 31.5 Å². The van der Waals surface area contributed by atoms with Crippen LogP contribution in [0, 0.1) is 0 Å². The van der Waals surface area contributed by atoms with Gasteiger partial charge in [0.05, 0.1) is 0 Å². The molecule has 0 saturated heterocycles. The normalized spacial score (nSPS) is 13.4. The zero-order chi connectivity index (χ0) is 15.5. The summed E-state index contributed by atoms with van der Waals surface area (Å²) < 4.78 is 31.6. The molecule has 0 bridgehead atoms. The minimum Gasteiger partial charge on any atom is -0.480 e. The van der Waals surface area contributed by atoms with Crippen LogP contribution in [0.25, 0.3) is 11.0 Å². The van der Waals surface area contributed by atoms with Crippen LogP contribution in [-0.4, -0.2) is 49.2 Å². The number of ether oxygens (including phenoxy) is 1. The second kappa shape index (κ2) is 6.20. The Morgan fingerprint density at radius 3 is 3.00 bits per heavy atom. The second-order valence-electron chi connectivity index (χ2n) is 4.35. The number of pyridine rings is 1. The number of nitrogens with one attached hydrogen (secondary N) is 2. The van der Waals surface area contributed by atoms with Crippen molar-refractivity contribution < 1.29 is 23.1 Å². The van der Waals surface area contributed by atoms with Crippen molar-refractivity contribution in [3.63, 3.8) is 0 Å². The fourth-order valence-electron chi connectivity index (χ4n) is 1.87. The van der Waals surface area contributed by atoms with Gasteiger partial charge in [-0.1, -0.05) is 0 Å². The number of hydrogen-bond donors (Lipinski definition) is 3. The van der Waals surface area contributed by atoms with Crippen molar-refractivity contribution in [1.82, 2.24) is 14.7 Å². The van der Waals surface area contributed by atoms with Crippen LogP contribution >= 0.6 is 0 Å². The molecule has 2 aromatic heterocycles. The average Bonchev–Trinajstić information content (AvgIpc) is 2.87. The zero-order valence-electron chi connectivity index (χ0n) is 11.2. The molecular weight excluding hydrogens is 298 g/mol. The molecule has 0 saturated carbocycles. The first-order chi connectivity index (χ1) is 9.95. The lowest BCUT2D eigenvalue weighted by atomic mass is 10.2. The standard InChI is InChI=1S/C12H15N3O5S/c1-20-6-4-9(12(16)17)15-21(18,19)10-7-14-11-8(10)3-2-5-13-11/h2-3,5,7,9,15H,4,6H2,1H3,(H,13,14)(H,16,17). The van der Waals surface area contributed by atoms with Gasteiger partial charge < -0.3 is 14.8 Å². The van der Waals surface area contributed by atoms with Gasteiger partial charge in [0.25, 0.3) is 0 Å². The lowest BCUT2D eigenvalue weighted by molar-refractivity contribution is -0.139. The van der Waals surface area contributed by atoms with Gasteiger partial charge in [-0.15, -0.1) is 0 Å². The number of carbonyl (C=O) groups is 1. The van der Waals surface area contributed by atoms with E-state index in [0.29, 0.717) is 11.0 Å². The molecule has 9 heteroatoms. The van der Waals surface area contributed by atoms with Crippen LogP contribution in [0.5, 0.6) is 0 Å². The van der Waals surface area contributed by atoms with Crippen molar-refractivity contribution in [2.45, 2.75) is 17.4 Å². The summed E-state index contributed by atoms with van der Waals surface area (Å²) in [4.78, 5) is 17.8. The van der Waals surface area contributed by atoms with Gasteiger partial charge in [0.2, 0.25) is 10.0 Å². The Balaban J connectivity index is 2.30. The molecule has 21 heavy (non-hydrogen) atoms. The number of fused-ring (bicyclic) bond motifs is 1. The fourth-order valence-corrected chi connectivity index (χ4v) is 3.26. The number of aliphatic carboxylic acids is 1. The maximum absolute atomic E-state index is 12.3. The van der Waals surface area contributed by atoms with E-state index >= 15 is 0 Å². The number of rotatable bonds is 7. The van der Waals surface area contributed by atoms with Crippen LogP contribution in [0.1, 0.15) is 6.42 Å². The molecule has 0 aliphatic rings. The lowest BCUT2D eigenvalue weighted by Crippen LogP contribution is -2.41. The smallest absolute Gasteiger partial charge is 0.321 e. The maximum Gasteiger partial charge on any atom is 0.321 e. The molecular formula is C12H15N3O5S. The Hall–Kier alpha value is -1.97. The molecule has 0 aliphatic carbocycles. The van der Waals surface area contributed by atoms with Crippen LogP contribution in [0.15, 0.2) is 29.4 Å². The molecule has 0 amide bonds. The van der Waals surface area contributed by atoms with E-state index in [0.717, 1.165) is 0 Å². The van der Waals surface area contributed by atoms with Crippen molar-refractivity contribution in [3.8, 4) is 0 Å². The Morgan fingerprint density at radius 2 is 2.33 bits per heavy atom. The maximum atomic E-state index is 12.3. The number of H-pyrrole nitrogens is 1. The molecule has 8 nitrogen and oxygen atoms in total. The number of aromatic nitrogens is 2. The van der Waals surface area contributed by atoms with Gasteiger partial charge >= 0.3 is 5.97 Å². The molecule has 114 valence electrons. The molecule has 2 aromatic rings. The summed E-state index contributed by atoms with van der Waals surface area (Å²) in [6, 6.07) is 1.95. The molecule has 0 fully saturated rings. The molecule has 1 unspecified atom stereocenters. The molecule has 3 N–H and O–H groups in total. The third kappa shape index (κ3) is 3.38. The molecule has 0 aromatic carbocycles. The van der Waals surface area contributed by atoms with E-state index < -0.39 is 22.0 Å². The number of carboxylic acids is 1. The van der Waals surface area contributed by atoms with Crippen LogP contribution in [-0.2, 0) is 19.6 Å².